The maximum Gasteiger partial charge on any atom is 0.243 e. The van der Waals surface area contributed by atoms with Crippen LogP contribution < -0.4 is 0 Å². The number of nitrogens with zero attached hydrogens (tertiary/aromatic N) is 3. The van der Waals surface area contributed by atoms with Crippen molar-refractivity contribution in [2.24, 2.45) is 0 Å². The van der Waals surface area contributed by atoms with E-state index >= 15 is 0 Å². The van der Waals surface area contributed by atoms with Crippen molar-refractivity contribution in [3.8, 4) is 6.07 Å². The van der Waals surface area contributed by atoms with Crippen molar-refractivity contribution in [3.63, 3.8) is 0 Å². The minimum absolute atomic E-state index is 0.283. The molecule has 3 rings (SSSR count). The van der Waals surface area contributed by atoms with E-state index in [1.807, 2.05) is 6.07 Å². The Balaban J connectivity index is 1.79. The number of sulfonamides is 1. The molecule has 1 atom stereocenters. The fourth-order valence-electron chi connectivity index (χ4n) is 3.20. The van der Waals surface area contributed by atoms with Gasteiger partial charge in [0.2, 0.25) is 10.0 Å². The van der Waals surface area contributed by atoms with Crippen LogP contribution >= 0.6 is 0 Å². The molecule has 2 fully saturated rings. The number of piperidine rings is 1. The Hall–Kier alpha value is -1.42. The lowest BCUT2D eigenvalue weighted by molar-refractivity contribution is 0.0852. The molecule has 2 heterocycles. The zero-order valence-corrected chi connectivity index (χ0v) is 12.7. The van der Waals surface area contributed by atoms with E-state index in [1.165, 1.54) is 25.0 Å². The Morgan fingerprint density at radius 1 is 1.10 bits per heavy atom. The normalized spacial score (nSPS) is 24.2. The largest absolute Gasteiger partial charge is 0.298 e. The van der Waals surface area contributed by atoms with Gasteiger partial charge in [-0.2, -0.15) is 9.57 Å². The van der Waals surface area contributed by atoms with Crippen LogP contribution in [0.25, 0.3) is 0 Å². The van der Waals surface area contributed by atoms with Crippen molar-refractivity contribution in [1.82, 2.24) is 9.21 Å². The van der Waals surface area contributed by atoms with Crippen molar-refractivity contribution >= 4 is 10.0 Å². The van der Waals surface area contributed by atoms with Gasteiger partial charge in [-0.15, -0.1) is 0 Å². The lowest BCUT2D eigenvalue weighted by atomic mass is 10.0. The predicted molar refractivity (Wildman–Crippen MR) is 79.1 cm³/mol. The van der Waals surface area contributed by atoms with E-state index in [-0.39, 0.29) is 4.90 Å². The molecule has 0 unspecified atom stereocenters. The highest BCUT2D eigenvalue weighted by molar-refractivity contribution is 7.89. The third-order valence-corrected chi connectivity index (χ3v) is 6.30. The van der Waals surface area contributed by atoms with Crippen LogP contribution in [-0.4, -0.2) is 49.8 Å². The molecule has 0 N–H and O–H groups in total. The number of hydrogen-bond donors (Lipinski definition) is 0. The zero-order chi connectivity index (χ0) is 14.9. The molecule has 2 aliphatic rings. The first-order valence-corrected chi connectivity index (χ1v) is 8.79. The van der Waals surface area contributed by atoms with E-state index in [0.29, 0.717) is 24.7 Å². The van der Waals surface area contributed by atoms with Crippen LogP contribution in [0.4, 0.5) is 0 Å². The van der Waals surface area contributed by atoms with Gasteiger partial charge in [0.05, 0.1) is 16.5 Å². The van der Waals surface area contributed by atoms with E-state index in [2.05, 4.69) is 4.90 Å². The fourth-order valence-corrected chi connectivity index (χ4v) is 4.66. The summed E-state index contributed by atoms with van der Waals surface area (Å²) >= 11 is 0. The molecule has 0 aromatic heterocycles. The van der Waals surface area contributed by atoms with Crippen LogP contribution in [0.2, 0.25) is 0 Å². The predicted octanol–water partition coefficient (Wildman–Crippen LogP) is 1.42. The third-order valence-electron chi connectivity index (χ3n) is 4.42. The monoisotopic (exact) mass is 305 g/mol. The first-order chi connectivity index (χ1) is 10.1. The van der Waals surface area contributed by atoms with Gasteiger partial charge in [0, 0.05) is 25.7 Å². The van der Waals surface area contributed by atoms with Crippen LogP contribution in [0.1, 0.15) is 24.8 Å². The molecule has 0 radical (unpaired) electrons. The van der Waals surface area contributed by atoms with Gasteiger partial charge in [-0.25, -0.2) is 8.42 Å². The Morgan fingerprint density at radius 2 is 1.86 bits per heavy atom. The topological polar surface area (TPSA) is 64.4 Å². The van der Waals surface area contributed by atoms with E-state index < -0.39 is 10.0 Å². The van der Waals surface area contributed by atoms with Crippen molar-refractivity contribution in [1.29, 1.82) is 5.26 Å². The van der Waals surface area contributed by atoms with Gasteiger partial charge in [0.15, 0.2) is 0 Å². The molecule has 112 valence electrons. The molecule has 2 aliphatic heterocycles. The van der Waals surface area contributed by atoms with Gasteiger partial charge in [-0.1, -0.05) is 6.42 Å². The Morgan fingerprint density at radius 3 is 2.57 bits per heavy atom. The first kappa shape index (κ1) is 14.5. The van der Waals surface area contributed by atoms with E-state index in [0.717, 1.165) is 19.5 Å². The van der Waals surface area contributed by atoms with Gasteiger partial charge in [0.1, 0.15) is 0 Å². The van der Waals surface area contributed by atoms with E-state index in [4.69, 9.17) is 5.26 Å². The molecule has 0 saturated carbocycles. The standard InChI is InChI=1S/C15H19N3O2S/c16-11-13-4-6-15(7-5-13)21(19,20)18-10-9-17-8-2-1-3-14(17)12-18/h4-7,14H,1-3,8-10,12H2/t14-/m0/s1. The van der Waals surface area contributed by atoms with Crippen molar-refractivity contribution < 1.29 is 8.42 Å². The van der Waals surface area contributed by atoms with Gasteiger partial charge in [-0.05, 0) is 43.7 Å². The van der Waals surface area contributed by atoms with Gasteiger partial charge >= 0.3 is 0 Å². The Labute approximate surface area is 125 Å². The van der Waals surface area contributed by atoms with E-state index in [1.54, 1.807) is 16.4 Å². The molecule has 0 bridgehead atoms. The molecular formula is C15H19N3O2S. The maximum atomic E-state index is 12.7. The molecule has 2 saturated heterocycles. The summed E-state index contributed by atoms with van der Waals surface area (Å²) in [6.07, 6.45) is 3.49. The molecule has 0 amide bonds. The fraction of sp³-hybridized carbons (Fsp3) is 0.533. The van der Waals surface area contributed by atoms with Gasteiger partial charge < -0.3 is 0 Å². The summed E-state index contributed by atoms with van der Waals surface area (Å²) in [5, 5.41) is 8.79. The first-order valence-electron chi connectivity index (χ1n) is 7.35. The quantitative estimate of drug-likeness (QED) is 0.829. The Kier molecular flexibility index (Phi) is 3.98. The van der Waals surface area contributed by atoms with Crippen LogP contribution in [-0.2, 0) is 10.0 Å². The van der Waals surface area contributed by atoms with Crippen molar-refractivity contribution in [2.75, 3.05) is 26.2 Å². The average Bonchev–Trinajstić information content (AvgIpc) is 2.54. The van der Waals surface area contributed by atoms with Crippen LogP contribution in [0.15, 0.2) is 29.2 Å². The number of rotatable bonds is 2. The van der Waals surface area contributed by atoms with Crippen molar-refractivity contribution in [3.05, 3.63) is 29.8 Å². The highest BCUT2D eigenvalue weighted by Gasteiger charge is 2.34. The summed E-state index contributed by atoms with van der Waals surface area (Å²) in [7, 11) is -3.44. The molecule has 6 heteroatoms. The second-order valence-electron chi connectivity index (χ2n) is 5.68. The summed E-state index contributed by atoms with van der Waals surface area (Å²) < 4.78 is 27.0. The number of piperazine rings is 1. The number of fused-ring (bicyclic) bond motifs is 1. The van der Waals surface area contributed by atoms with Crippen molar-refractivity contribution in [2.45, 2.75) is 30.2 Å². The zero-order valence-electron chi connectivity index (χ0n) is 11.9. The summed E-state index contributed by atoms with van der Waals surface area (Å²) in [5.41, 5.74) is 0.478. The summed E-state index contributed by atoms with van der Waals surface area (Å²) in [4.78, 5) is 2.69. The Bertz CT molecular complexity index is 648. The minimum Gasteiger partial charge on any atom is -0.298 e. The number of hydrogen-bond acceptors (Lipinski definition) is 4. The molecular weight excluding hydrogens is 286 g/mol. The minimum atomic E-state index is -3.44. The highest BCUT2D eigenvalue weighted by atomic mass is 32.2. The SMILES string of the molecule is N#Cc1ccc(S(=O)(=O)N2CCN3CCCC[C@H]3C2)cc1. The number of benzene rings is 1. The second kappa shape index (κ2) is 5.76. The summed E-state index contributed by atoms with van der Waals surface area (Å²) in [6.45, 7) is 3.05. The summed E-state index contributed by atoms with van der Waals surface area (Å²) in [6, 6.07) is 8.55. The lowest BCUT2D eigenvalue weighted by Crippen LogP contribution is -2.56. The van der Waals surface area contributed by atoms with Gasteiger partial charge in [-0.3, -0.25) is 4.90 Å². The second-order valence-corrected chi connectivity index (χ2v) is 7.62. The molecule has 5 nitrogen and oxygen atoms in total. The van der Waals surface area contributed by atoms with E-state index in [9.17, 15) is 8.42 Å². The van der Waals surface area contributed by atoms with Crippen LogP contribution in [0.3, 0.4) is 0 Å². The van der Waals surface area contributed by atoms with Crippen LogP contribution in [0, 0.1) is 11.3 Å². The van der Waals surface area contributed by atoms with Gasteiger partial charge in [0.25, 0.3) is 0 Å². The molecule has 1 aromatic rings. The third kappa shape index (κ3) is 2.82. The van der Waals surface area contributed by atoms with Crippen LogP contribution in [0.5, 0.6) is 0 Å². The molecule has 21 heavy (non-hydrogen) atoms. The average molecular weight is 305 g/mol. The smallest absolute Gasteiger partial charge is 0.243 e. The molecule has 0 spiro atoms. The molecule has 0 aliphatic carbocycles. The molecule has 1 aromatic carbocycles. The summed E-state index contributed by atoms with van der Waals surface area (Å²) in [5.74, 6) is 0. The lowest BCUT2D eigenvalue weighted by Gasteiger charge is -2.43. The maximum absolute atomic E-state index is 12.7. The number of nitriles is 1. The highest BCUT2D eigenvalue weighted by Crippen LogP contribution is 2.25.